The Kier molecular flexibility index (Phi) is 3.39. The van der Waals surface area contributed by atoms with Crippen LogP contribution in [0.15, 0.2) is 24.8 Å². The van der Waals surface area contributed by atoms with Crippen molar-refractivity contribution in [3.63, 3.8) is 0 Å². The van der Waals surface area contributed by atoms with Crippen molar-refractivity contribution in [3.05, 3.63) is 35.9 Å². The van der Waals surface area contributed by atoms with E-state index in [2.05, 4.69) is 6.58 Å². The highest BCUT2D eigenvalue weighted by Crippen LogP contribution is 2.32. The van der Waals surface area contributed by atoms with Gasteiger partial charge in [0.25, 0.3) is 0 Å². The van der Waals surface area contributed by atoms with Crippen molar-refractivity contribution in [2.45, 2.75) is 13.1 Å². The first kappa shape index (κ1) is 11.6. The Balaban J connectivity index is 3.13. The molecule has 0 aliphatic rings. The molecule has 1 aromatic rings. The molecule has 0 unspecified atom stereocenters. The predicted octanol–water partition coefficient (Wildman–Crippen LogP) is 3.75. The molecule has 0 heterocycles. The van der Waals surface area contributed by atoms with Gasteiger partial charge in [-0.05, 0) is 25.1 Å². The molecule has 15 heavy (non-hydrogen) atoms. The van der Waals surface area contributed by atoms with E-state index in [1.807, 2.05) is 0 Å². The van der Waals surface area contributed by atoms with Crippen LogP contribution >= 0.6 is 0 Å². The summed E-state index contributed by atoms with van der Waals surface area (Å²) in [5, 5.41) is 0. The van der Waals surface area contributed by atoms with Crippen molar-refractivity contribution in [1.82, 2.24) is 0 Å². The van der Waals surface area contributed by atoms with Crippen LogP contribution in [-0.4, -0.2) is 6.61 Å². The molecule has 0 N–H and O–H groups in total. The second-order valence-corrected chi connectivity index (χ2v) is 2.89. The Bertz CT molecular complexity index is 355. The number of hydrogen-bond acceptors (Lipinski definition) is 1. The lowest BCUT2D eigenvalue weighted by atomic mass is 10.1. The van der Waals surface area contributed by atoms with Gasteiger partial charge in [-0.3, -0.25) is 0 Å². The van der Waals surface area contributed by atoms with E-state index < -0.39 is 11.7 Å². The minimum atomic E-state index is -4.33. The molecule has 0 radical (unpaired) electrons. The number of rotatable bonds is 3. The summed E-state index contributed by atoms with van der Waals surface area (Å²) in [6.07, 6.45) is -2.98. The molecule has 0 aliphatic heterocycles. The van der Waals surface area contributed by atoms with Gasteiger partial charge in [0, 0.05) is 5.56 Å². The molecule has 0 bridgehead atoms. The van der Waals surface area contributed by atoms with E-state index in [9.17, 15) is 13.2 Å². The largest absolute Gasteiger partial charge is 0.493 e. The zero-order chi connectivity index (χ0) is 11.5. The number of benzene rings is 1. The molecule has 4 heteroatoms. The maximum absolute atomic E-state index is 12.3. The van der Waals surface area contributed by atoms with Crippen LogP contribution in [0.1, 0.15) is 18.1 Å². The molecule has 0 saturated heterocycles. The zero-order valence-corrected chi connectivity index (χ0v) is 8.27. The minimum absolute atomic E-state index is 0.353. The van der Waals surface area contributed by atoms with Crippen LogP contribution in [0.5, 0.6) is 5.75 Å². The number of ether oxygens (including phenoxy) is 1. The highest BCUT2D eigenvalue weighted by Gasteiger charge is 2.30. The Morgan fingerprint density at radius 2 is 2.07 bits per heavy atom. The van der Waals surface area contributed by atoms with Crippen molar-refractivity contribution in [2.24, 2.45) is 0 Å². The molecule has 82 valence electrons. The van der Waals surface area contributed by atoms with E-state index in [4.69, 9.17) is 4.74 Å². The first-order valence-corrected chi connectivity index (χ1v) is 4.45. The average Bonchev–Trinajstić information content (AvgIpc) is 2.17. The minimum Gasteiger partial charge on any atom is -0.493 e. The van der Waals surface area contributed by atoms with Crippen LogP contribution in [0.3, 0.4) is 0 Å². The van der Waals surface area contributed by atoms with Gasteiger partial charge in [-0.15, -0.1) is 0 Å². The van der Waals surface area contributed by atoms with Crippen LogP contribution in [0.4, 0.5) is 13.2 Å². The van der Waals surface area contributed by atoms with E-state index in [-0.39, 0.29) is 0 Å². The molecule has 1 nitrogen and oxygen atoms in total. The molecule has 0 atom stereocenters. The monoisotopic (exact) mass is 216 g/mol. The van der Waals surface area contributed by atoms with Gasteiger partial charge in [-0.2, -0.15) is 13.2 Å². The third kappa shape index (κ3) is 2.75. The first-order chi connectivity index (χ1) is 6.99. The van der Waals surface area contributed by atoms with E-state index in [0.717, 1.165) is 12.1 Å². The smallest absolute Gasteiger partial charge is 0.416 e. The summed E-state index contributed by atoms with van der Waals surface area (Å²) in [6, 6.07) is 3.33. The van der Waals surface area contributed by atoms with Gasteiger partial charge >= 0.3 is 6.18 Å². The van der Waals surface area contributed by atoms with Crippen LogP contribution < -0.4 is 4.74 Å². The van der Waals surface area contributed by atoms with E-state index in [1.165, 1.54) is 12.1 Å². The third-order valence-electron chi connectivity index (χ3n) is 1.86. The number of halogens is 3. The summed E-state index contributed by atoms with van der Waals surface area (Å²) in [4.78, 5) is 0. The molecule has 1 rings (SSSR count). The van der Waals surface area contributed by atoms with Crippen LogP contribution in [0.25, 0.3) is 6.08 Å². The van der Waals surface area contributed by atoms with Gasteiger partial charge < -0.3 is 4.74 Å². The maximum Gasteiger partial charge on any atom is 0.416 e. The Labute approximate surface area is 86.2 Å². The molecular weight excluding hydrogens is 205 g/mol. The van der Waals surface area contributed by atoms with Gasteiger partial charge in [0.05, 0.1) is 12.2 Å². The van der Waals surface area contributed by atoms with Crippen molar-refractivity contribution < 1.29 is 17.9 Å². The van der Waals surface area contributed by atoms with Crippen molar-refractivity contribution in [1.29, 1.82) is 0 Å². The van der Waals surface area contributed by atoms with Gasteiger partial charge in [0.15, 0.2) is 0 Å². The lowest BCUT2D eigenvalue weighted by Crippen LogP contribution is -2.05. The lowest BCUT2D eigenvalue weighted by molar-refractivity contribution is -0.137. The number of hydrogen-bond donors (Lipinski definition) is 0. The van der Waals surface area contributed by atoms with Crippen molar-refractivity contribution in [3.8, 4) is 5.75 Å². The molecule has 0 fully saturated rings. The van der Waals surface area contributed by atoms with Crippen molar-refractivity contribution in [2.75, 3.05) is 6.61 Å². The summed E-state index contributed by atoms with van der Waals surface area (Å²) in [5.74, 6) is 0.417. The molecule has 0 aromatic heterocycles. The molecular formula is C11H11F3O. The summed E-state index contributed by atoms with van der Waals surface area (Å²) in [6.45, 7) is 5.63. The van der Waals surface area contributed by atoms with Gasteiger partial charge in [-0.1, -0.05) is 12.7 Å². The fraction of sp³-hybridized carbons (Fsp3) is 0.273. The van der Waals surface area contributed by atoms with Crippen LogP contribution in [0, 0.1) is 0 Å². The third-order valence-corrected chi connectivity index (χ3v) is 1.86. The number of alkyl halides is 3. The normalized spacial score (nSPS) is 11.2. The summed E-state index contributed by atoms with van der Waals surface area (Å²) in [7, 11) is 0. The van der Waals surface area contributed by atoms with Gasteiger partial charge in [-0.25, -0.2) is 0 Å². The lowest BCUT2D eigenvalue weighted by Gasteiger charge is -2.11. The molecule has 1 aromatic carbocycles. The Morgan fingerprint density at radius 3 is 2.53 bits per heavy atom. The molecule has 0 amide bonds. The zero-order valence-electron chi connectivity index (χ0n) is 8.27. The quantitative estimate of drug-likeness (QED) is 0.747. The van der Waals surface area contributed by atoms with Crippen LogP contribution in [0.2, 0.25) is 0 Å². The predicted molar refractivity (Wildman–Crippen MR) is 52.7 cm³/mol. The maximum atomic E-state index is 12.3. The highest BCUT2D eigenvalue weighted by atomic mass is 19.4. The second kappa shape index (κ2) is 4.38. The fourth-order valence-electron chi connectivity index (χ4n) is 1.17. The SMILES string of the molecule is C=Cc1cc(C(F)(F)F)ccc1OCC. The van der Waals surface area contributed by atoms with E-state index >= 15 is 0 Å². The molecule has 0 saturated carbocycles. The van der Waals surface area contributed by atoms with E-state index in [1.54, 1.807) is 6.92 Å². The molecule has 0 spiro atoms. The van der Waals surface area contributed by atoms with Crippen LogP contribution in [-0.2, 0) is 6.18 Å². The summed E-state index contributed by atoms with van der Waals surface area (Å²) in [5.41, 5.74) is -0.340. The van der Waals surface area contributed by atoms with E-state index in [0.29, 0.717) is 17.9 Å². The standard InChI is InChI=1S/C11H11F3O/c1-3-8-7-9(11(12,13)14)5-6-10(8)15-4-2/h3,5-7H,1,4H2,2H3. The average molecular weight is 216 g/mol. The van der Waals surface area contributed by atoms with Gasteiger partial charge in [0.2, 0.25) is 0 Å². The van der Waals surface area contributed by atoms with Gasteiger partial charge in [0.1, 0.15) is 5.75 Å². The topological polar surface area (TPSA) is 9.23 Å². The first-order valence-electron chi connectivity index (χ1n) is 4.45. The fourth-order valence-corrected chi connectivity index (χ4v) is 1.17. The Hall–Kier alpha value is -1.45. The molecule has 0 aliphatic carbocycles. The highest BCUT2D eigenvalue weighted by molar-refractivity contribution is 5.57. The second-order valence-electron chi connectivity index (χ2n) is 2.89. The Morgan fingerprint density at radius 1 is 1.40 bits per heavy atom. The summed E-state index contributed by atoms with van der Waals surface area (Å²) >= 11 is 0. The summed E-state index contributed by atoms with van der Waals surface area (Å²) < 4.78 is 42.2. The van der Waals surface area contributed by atoms with Crippen molar-refractivity contribution >= 4 is 6.08 Å².